The van der Waals surface area contributed by atoms with Gasteiger partial charge in [0, 0.05) is 0 Å². The first-order valence-electron chi connectivity index (χ1n) is 7.73. The summed E-state index contributed by atoms with van der Waals surface area (Å²) in [6.07, 6.45) is 4.64. The highest BCUT2D eigenvalue weighted by Crippen LogP contribution is 2.21. The van der Waals surface area contributed by atoms with Crippen LogP contribution >= 0.6 is 0 Å². The molecule has 0 bridgehead atoms. The van der Waals surface area contributed by atoms with E-state index in [1.54, 1.807) is 6.07 Å². The molecule has 1 aliphatic heterocycles. The molecular weight excluding hydrogens is 268 g/mol. The van der Waals surface area contributed by atoms with Gasteiger partial charge in [0.05, 0.1) is 18.8 Å². The Hall–Kier alpha value is -1.55. The van der Waals surface area contributed by atoms with Gasteiger partial charge in [-0.25, -0.2) is 4.79 Å². The molecule has 1 saturated heterocycles. The number of ether oxygens (including phenoxy) is 3. The summed E-state index contributed by atoms with van der Waals surface area (Å²) < 4.78 is 16.0. The van der Waals surface area contributed by atoms with Crippen molar-refractivity contribution in [2.45, 2.75) is 45.6 Å². The van der Waals surface area contributed by atoms with Crippen LogP contribution in [0.25, 0.3) is 0 Å². The maximum absolute atomic E-state index is 11.9. The Morgan fingerprint density at radius 2 is 2.14 bits per heavy atom. The molecule has 1 unspecified atom stereocenters. The summed E-state index contributed by atoms with van der Waals surface area (Å²) in [5, 5.41) is 0. The number of hydrogen-bond donors (Lipinski definition) is 0. The summed E-state index contributed by atoms with van der Waals surface area (Å²) in [6.45, 7) is 5.94. The van der Waals surface area contributed by atoms with E-state index < -0.39 is 0 Å². The molecule has 0 spiro atoms. The SMILES string of the molecule is CCCCCCOC(=O)c1ccc(OCC2CO2)c(C)c1. The first-order chi connectivity index (χ1) is 10.2. The van der Waals surface area contributed by atoms with Crippen molar-refractivity contribution in [1.29, 1.82) is 0 Å². The number of aryl methyl sites for hydroxylation is 1. The van der Waals surface area contributed by atoms with Crippen molar-refractivity contribution in [3.63, 3.8) is 0 Å². The van der Waals surface area contributed by atoms with Gasteiger partial charge in [-0.1, -0.05) is 26.2 Å². The van der Waals surface area contributed by atoms with E-state index in [9.17, 15) is 4.79 Å². The summed E-state index contributed by atoms with van der Waals surface area (Å²) in [7, 11) is 0. The molecule has 2 rings (SSSR count). The van der Waals surface area contributed by atoms with Gasteiger partial charge in [-0.2, -0.15) is 0 Å². The maximum atomic E-state index is 11.9. The monoisotopic (exact) mass is 292 g/mol. The van der Waals surface area contributed by atoms with Crippen LogP contribution in [0.3, 0.4) is 0 Å². The van der Waals surface area contributed by atoms with Crippen LogP contribution in [0.5, 0.6) is 5.75 Å². The average molecular weight is 292 g/mol. The predicted octanol–water partition coefficient (Wildman–Crippen LogP) is 3.51. The maximum Gasteiger partial charge on any atom is 0.338 e. The second kappa shape index (κ2) is 8.03. The topological polar surface area (TPSA) is 48.1 Å². The molecule has 1 aromatic rings. The summed E-state index contributed by atoms with van der Waals surface area (Å²) in [5.74, 6) is 0.539. The van der Waals surface area contributed by atoms with Gasteiger partial charge in [-0.05, 0) is 37.1 Å². The van der Waals surface area contributed by atoms with E-state index >= 15 is 0 Å². The number of unbranched alkanes of at least 4 members (excludes halogenated alkanes) is 3. The third-order valence-corrected chi connectivity index (χ3v) is 3.47. The fourth-order valence-corrected chi connectivity index (χ4v) is 2.06. The van der Waals surface area contributed by atoms with Gasteiger partial charge >= 0.3 is 5.97 Å². The van der Waals surface area contributed by atoms with Gasteiger partial charge in [-0.3, -0.25) is 0 Å². The predicted molar refractivity (Wildman–Crippen MR) is 80.8 cm³/mol. The van der Waals surface area contributed by atoms with Crippen molar-refractivity contribution in [1.82, 2.24) is 0 Å². The molecule has 1 fully saturated rings. The molecule has 0 amide bonds. The zero-order valence-corrected chi connectivity index (χ0v) is 12.9. The van der Waals surface area contributed by atoms with Crippen molar-refractivity contribution in [2.24, 2.45) is 0 Å². The molecule has 0 radical (unpaired) electrons. The molecule has 0 aromatic heterocycles. The Morgan fingerprint density at radius 3 is 2.81 bits per heavy atom. The molecule has 4 nitrogen and oxygen atoms in total. The standard InChI is InChI=1S/C17H24O4/c1-3-4-5-6-9-19-17(18)14-7-8-16(13(2)10-14)21-12-15-11-20-15/h7-8,10,15H,3-6,9,11-12H2,1-2H3. The van der Waals surface area contributed by atoms with Gasteiger partial charge in [0.15, 0.2) is 0 Å². The first kappa shape index (κ1) is 15.8. The quantitative estimate of drug-likeness (QED) is 0.397. The minimum atomic E-state index is -0.258. The highest BCUT2D eigenvalue weighted by molar-refractivity contribution is 5.89. The number of rotatable bonds is 9. The molecular formula is C17H24O4. The first-order valence-corrected chi connectivity index (χ1v) is 7.73. The second-order valence-corrected chi connectivity index (χ2v) is 5.44. The molecule has 1 aromatic carbocycles. The highest BCUT2D eigenvalue weighted by atomic mass is 16.6. The van der Waals surface area contributed by atoms with Crippen LogP contribution in [0.2, 0.25) is 0 Å². The second-order valence-electron chi connectivity index (χ2n) is 5.44. The van der Waals surface area contributed by atoms with Crippen molar-refractivity contribution in [3.8, 4) is 5.75 Å². The van der Waals surface area contributed by atoms with Crippen LogP contribution in [0.1, 0.15) is 48.5 Å². The molecule has 1 heterocycles. The Kier molecular flexibility index (Phi) is 6.05. The number of esters is 1. The lowest BCUT2D eigenvalue weighted by atomic mass is 10.1. The van der Waals surface area contributed by atoms with Crippen molar-refractivity contribution < 1.29 is 19.0 Å². The van der Waals surface area contributed by atoms with E-state index in [0.717, 1.165) is 30.8 Å². The van der Waals surface area contributed by atoms with Crippen LogP contribution in [0, 0.1) is 6.92 Å². The van der Waals surface area contributed by atoms with Crippen molar-refractivity contribution >= 4 is 5.97 Å². The lowest BCUT2D eigenvalue weighted by Crippen LogP contribution is -2.08. The number of hydrogen-bond acceptors (Lipinski definition) is 4. The molecule has 0 aliphatic carbocycles. The van der Waals surface area contributed by atoms with Gasteiger partial charge in [0.25, 0.3) is 0 Å². The summed E-state index contributed by atoms with van der Waals surface area (Å²) in [4.78, 5) is 11.9. The van der Waals surface area contributed by atoms with E-state index in [-0.39, 0.29) is 12.1 Å². The molecule has 4 heteroatoms. The van der Waals surface area contributed by atoms with E-state index in [4.69, 9.17) is 14.2 Å². The minimum absolute atomic E-state index is 0.233. The lowest BCUT2D eigenvalue weighted by Gasteiger charge is -2.10. The third-order valence-electron chi connectivity index (χ3n) is 3.47. The Bertz CT molecular complexity index is 466. The van der Waals surface area contributed by atoms with E-state index in [0.29, 0.717) is 18.8 Å². The molecule has 1 aliphatic rings. The molecule has 0 saturated carbocycles. The van der Waals surface area contributed by atoms with Crippen LogP contribution in [-0.2, 0) is 9.47 Å². The van der Waals surface area contributed by atoms with Gasteiger partial charge < -0.3 is 14.2 Å². The van der Waals surface area contributed by atoms with E-state index in [2.05, 4.69) is 6.92 Å². The Labute approximate surface area is 126 Å². The fraction of sp³-hybridized carbons (Fsp3) is 0.588. The van der Waals surface area contributed by atoms with E-state index in [1.165, 1.54) is 12.8 Å². The molecule has 116 valence electrons. The molecule has 1 atom stereocenters. The van der Waals surface area contributed by atoms with Gasteiger partial charge in [0.2, 0.25) is 0 Å². The summed E-state index contributed by atoms with van der Waals surface area (Å²) in [6, 6.07) is 5.40. The normalized spacial score (nSPS) is 16.6. The zero-order chi connectivity index (χ0) is 15.1. The zero-order valence-electron chi connectivity index (χ0n) is 12.9. The fourth-order valence-electron chi connectivity index (χ4n) is 2.06. The Balaban J connectivity index is 1.78. The van der Waals surface area contributed by atoms with Gasteiger partial charge in [-0.15, -0.1) is 0 Å². The Morgan fingerprint density at radius 1 is 1.33 bits per heavy atom. The van der Waals surface area contributed by atoms with Gasteiger partial charge in [0.1, 0.15) is 18.5 Å². The number of carbonyl (C=O) groups excluding carboxylic acids is 1. The molecule has 0 N–H and O–H groups in total. The number of epoxide rings is 1. The van der Waals surface area contributed by atoms with Crippen molar-refractivity contribution in [2.75, 3.05) is 19.8 Å². The number of carbonyl (C=O) groups is 1. The molecule has 21 heavy (non-hydrogen) atoms. The van der Waals surface area contributed by atoms with Crippen LogP contribution in [0.15, 0.2) is 18.2 Å². The lowest BCUT2D eigenvalue weighted by molar-refractivity contribution is 0.0497. The van der Waals surface area contributed by atoms with Crippen LogP contribution in [-0.4, -0.2) is 31.9 Å². The smallest absolute Gasteiger partial charge is 0.338 e. The number of benzene rings is 1. The minimum Gasteiger partial charge on any atom is -0.491 e. The largest absolute Gasteiger partial charge is 0.491 e. The average Bonchev–Trinajstić information content (AvgIpc) is 3.29. The third kappa shape index (κ3) is 5.38. The summed E-state index contributed by atoms with van der Waals surface area (Å²) in [5.41, 5.74) is 1.52. The van der Waals surface area contributed by atoms with Crippen molar-refractivity contribution in [3.05, 3.63) is 29.3 Å². The summed E-state index contributed by atoms with van der Waals surface area (Å²) >= 11 is 0. The van der Waals surface area contributed by atoms with E-state index in [1.807, 2.05) is 19.1 Å². The van der Waals surface area contributed by atoms with Crippen LogP contribution in [0.4, 0.5) is 0 Å². The van der Waals surface area contributed by atoms with Crippen LogP contribution < -0.4 is 4.74 Å². The highest BCUT2D eigenvalue weighted by Gasteiger charge is 2.23.